The Labute approximate surface area is 82.9 Å². The van der Waals surface area contributed by atoms with Crippen LogP contribution in [0.3, 0.4) is 0 Å². The fraction of sp³-hybridized carbons (Fsp3) is 0.143. The molecule has 0 unspecified atom stereocenters. The third kappa shape index (κ3) is 4.14. The van der Waals surface area contributed by atoms with E-state index in [0.717, 1.165) is 5.56 Å². The minimum Gasteiger partial charge on any atom is -0.512 e. The van der Waals surface area contributed by atoms with Gasteiger partial charge in [-0.25, -0.2) is 0 Å². The van der Waals surface area contributed by atoms with Crippen LogP contribution >= 0.6 is 12.4 Å². The summed E-state index contributed by atoms with van der Waals surface area (Å²) in [4.78, 5) is 0. The van der Waals surface area contributed by atoms with Crippen LogP contribution in [0.15, 0.2) is 24.3 Å². The molecule has 13 heavy (non-hydrogen) atoms. The number of benzene rings is 1. The lowest BCUT2D eigenvalue weighted by Crippen LogP contribution is -2.20. The first-order chi connectivity index (χ1) is 5.72. The molecule has 0 atom stereocenters. The van der Waals surface area contributed by atoms with Gasteiger partial charge >= 0.3 is 7.32 Å². The maximum absolute atomic E-state index is 8.44. The van der Waals surface area contributed by atoms with Crippen molar-refractivity contribution >= 4 is 19.7 Å². The van der Waals surface area contributed by atoms with E-state index in [0.29, 0.717) is 12.3 Å². The Kier molecular flexibility index (Phi) is 5.49. The summed E-state index contributed by atoms with van der Waals surface area (Å²) in [5.41, 5.74) is 6.33. The zero-order chi connectivity index (χ0) is 8.97. The van der Waals surface area contributed by atoms with E-state index < -0.39 is 7.32 Å². The normalized spacial score (nSPS) is 8.85. The van der Waals surface area contributed by atoms with Crippen LogP contribution in [0, 0.1) is 0 Å². The van der Waals surface area contributed by atoms with Crippen molar-refractivity contribution in [2.75, 3.05) is 0 Å². The van der Waals surface area contributed by atoms with Crippen LogP contribution in [0.5, 0.6) is 5.75 Å². The lowest BCUT2D eigenvalue weighted by molar-refractivity contribution is 0.288. The SMILES string of the molecule is Cl.NCc1ccc(OB(O)O)cc1. The molecule has 0 aliphatic carbocycles. The van der Waals surface area contributed by atoms with Gasteiger partial charge in [-0.1, -0.05) is 12.1 Å². The van der Waals surface area contributed by atoms with Crippen molar-refractivity contribution in [1.29, 1.82) is 0 Å². The van der Waals surface area contributed by atoms with Crippen LogP contribution < -0.4 is 10.4 Å². The molecule has 0 aliphatic heterocycles. The molecule has 0 bridgehead atoms. The third-order valence-electron chi connectivity index (χ3n) is 1.40. The molecule has 0 aliphatic rings. The predicted octanol–water partition coefficient (Wildman–Crippen LogP) is -0.0846. The summed E-state index contributed by atoms with van der Waals surface area (Å²) in [6, 6.07) is 6.78. The van der Waals surface area contributed by atoms with Gasteiger partial charge in [0.15, 0.2) is 0 Å². The Morgan fingerprint density at radius 2 is 1.77 bits per heavy atom. The monoisotopic (exact) mass is 203 g/mol. The van der Waals surface area contributed by atoms with Crippen LogP contribution in [0.25, 0.3) is 0 Å². The molecule has 0 aromatic heterocycles. The van der Waals surface area contributed by atoms with Crippen molar-refractivity contribution in [2.45, 2.75) is 6.54 Å². The van der Waals surface area contributed by atoms with Gasteiger partial charge in [0.2, 0.25) is 0 Å². The van der Waals surface area contributed by atoms with Crippen LogP contribution in [-0.4, -0.2) is 17.4 Å². The van der Waals surface area contributed by atoms with Crippen molar-refractivity contribution in [1.82, 2.24) is 0 Å². The van der Waals surface area contributed by atoms with Crippen molar-refractivity contribution in [2.24, 2.45) is 5.73 Å². The van der Waals surface area contributed by atoms with E-state index in [2.05, 4.69) is 4.65 Å². The van der Waals surface area contributed by atoms with Gasteiger partial charge in [-0.15, -0.1) is 12.4 Å². The number of halogens is 1. The van der Waals surface area contributed by atoms with E-state index in [4.69, 9.17) is 15.8 Å². The van der Waals surface area contributed by atoms with Gasteiger partial charge in [0, 0.05) is 6.54 Å². The quantitative estimate of drug-likeness (QED) is 0.601. The van der Waals surface area contributed by atoms with Crippen LogP contribution in [0.4, 0.5) is 0 Å². The predicted molar refractivity (Wildman–Crippen MR) is 52.4 cm³/mol. The molecule has 0 heterocycles. The molecule has 0 saturated heterocycles. The molecule has 1 aromatic rings. The summed E-state index contributed by atoms with van der Waals surface area (Å²) in [5, 5.41) is 16.9. The topological polar surface area (TPSA) is 75.7 Å². The maximum Gasteiger partial charge on any atom is 0.707 e. The Bertz CT molecular complexity index is 242. The number of hydrogen-bond donors (Lipinski definition) is 3. The molecule has 1 rings (SSSR count). The van der Waals surface area contributed by atoms with E-state index in [1.54, 1.807) is 24.3 Å². The van der Waals surface area contributed by atoms with Gasteiger partial charge in [0.05, 0.1) is 0 Å². The second kappa shape index (κ2) is 5.82. The second-order valence-corrected chi connectivity index (χ2v) is 2.29. The fourth-order valence-corrected chi connectivity index (χ4v) is 0.826. The summed E-state index contributed by atoms with van der Waals surface area (Å²) in [6.45, 7) is 0.460. The molecule has 0 saturated carbocycles. The average molecular weight is 203 g/mol. The molecule has 0 amide bonds. The summed E-state index contributed by atoms with van der Waals surface area (Å²) < 4.78 is 4.58. The average Bonchev–Trinajstić information content (AvgIpc) is 2.05. The molecule has 0 radical (unpaired) electrons. The van der Waals surface area contributed by atoms with Gasteiger partial charge in [0.25, 0.3) is 0 Å². The van der Waals surface area contributed by atoms with Gasteiger partial charge in [-0.3, -0.25) is 0 Å². The van der Waals surface area contributed by atoms with Crippen molar-refractivity contribution in [3.05, 3.63) is 29.8 Å². The second-order valence-electron chi connectivity index (χ2n) is 2.29. The number of hydrogen-bond acceptors (Lipinski definition) is 4. The molecule has 4 N–H and O–H groups in total. The Morgan fingerprint density at radius 1 is 1.23 bits per heavy atom. The first kappa shape index (κ1) is 12.3. The Balaban J connectivity index is 0.00000144. The first-order valence-corrected chi connectivity index (χ1v) is 3.54. The van der Waals surface area contributed by atoms with Crippen LogP contribution in [-0.2, 0) is 6.54 Å². The number of rotatable bonds is 3. The maximum atomic E-state index is 8.44. The Morgan fingerprint density at radius 3 is 2.15 bits per heavy atom. The van der Waals surface area contributed by atoms with Gasteiger partial charge in [-0.2, -0.15) is 0 Å². The summed E-state index contributed by atoms with van der Waals surface area (Å²) in [5.74, 6) is 0.405. The van der Waals surface area contributed by atoms with Crippen LogP contribution in [0.1, 0.15) is 5.56 Å². The largest absolute Gasteiger partial charge is 0.707 e. The van der Waals surface area contributed by atoms with Gasteiger partial charge in [-0.05, 0) is 17.7 Å². The molecule has 4 nitrogen and oxygen atoms in total. The highest BCUT2D eigenvalue weighted by atomic mass is 35.5. The summed E-state index contributed by atoms with van der Waals surface area (Å²) >= 11 is 0. The molecule has 72 valence electrons. The van der Waals surface area contributed by atoms with Crippen molar-refractivity contribution < 1.29 is 14.7 Å². The smallest absolute Gasteiger partial charge is 0.512 e. The highest BCUT2D eigenvalue weighted by Gasteiger charge is 2.10. The summed E-state index contributed by atoms with van der Waals surface area (Å²) in [6.07, 6.45) is 0. The zero-order valence-electron chi connectivity index (χ0n) is 6.88. The van der Waals surface area contributed by atoms with Crippen molar-refractivity contribution in [3.8, 4) is 5.75 Å². The third-order valence-corrected chi connectivity index (χ3v) is 1.40. The molecular weight excluding hydrogens is 192 g/mol. The first-order valence-electron chi connectivity index (χ1n) is 3.54. The highest BCUT2D eigenvalue weighted by Crippen LogP contribution is 2.11. The molecule has 6 heteroatoms. The minimum absolute atomic E-state index is 0. The van der Waals surface area contributed by atoms with E-state index >= 15 is 0 Å². The van der Waals surface area contributed by atoms with E-state index in [9.17, 15) is 0 Å². The van der Waals surface area contributed by atoms with Gasteiger partial charge < -0.3 is 20.4 Å². The standard InChI is InChI=1S/C7H10BNO3.ClH/c9-5-6-1-3-7(4-2-6)12-8(10)11;/h1-4,10-11H,5,9H2;1H. The van der Waals surface area contributed by atoms with E-state index in [1.165, 1.54) is 0 Å². The lowest BCUT2D eigenvalue weighted by atomic mass is 10.2. The highest BCUT2D eigenvalue weighted by molar-refractivity contribution is 6.33. The van der Waals surface area contributed by atoms with Gasteiger partial charge in [0.1, 0.15) is 5.75 Å². The minimum atomic E-state index is -1.77. The summed E-state index contributed by atoms with van der Waals surface area (Å²) in [7, 11) is -1.77. The molecule has 0 fully saturated rings. The Hall–Kier alpha value is -0.745. The molecular formula is C7H11BClNO3. The van der Waals surface area contributed by atoms with E-state index in [1.807, 2.05) is 0 Å². The van der Waals surface area contributed by atoms with Crippen molar-refractivity contribution in [3.63, 3.8) is 0 Å². The molecule has 0 spiro atoms. The van der Waals surface area contributed by atoms with E-state index in [-0.39, 0.29) is 12.4 Å². The molecule has 1 aromatic carbocycles. The lowest BCUT2D eigenvalue weighted by Gasteiger charge is -2.04. The fourth-order valence-electron chi connectivity index (χ4n) is 0.826. The number of nitrogens with two attached hydrogens (primary N) is 1. The zero-order valence-corrected chi connectivity index (χ0v) is 7.70. The van der Waals surface area contributed by atoms with Crippen LogP contribution in [0.2, 0.25) is 0 Å².